The van der Waals surface area contributed by atoms with E-state index >= 15 is 0 Å². The van der Waals surface area contributed by atoms with Crippen molar-refractivity contribution in [2.75, 3.05) is 14.2 Å². The predicted octanol–water partition coefficient (Wildman–Crippen LogP) is 3.86. The molecule has 1 aliphatic heterocycles. The van der Waals surface area contributed by atoms with E-state index in [-0.39, 0.29) is 12.1 Å². The Labute approximate surface area is 178 Å². The highest BCUT2D eigenvalue weighted by Crippen LogP contribution is 2.37. The molecule has 1 heterocycles. The molecule has 29 heavy (non-hydrogen) atoms. The van der Waals surface area contributed by atoms with Gasteiger partial charge in [0.2, 0.25) is 0 Å². The second kappa shape index (κ2) is 9.03. The largest absolute Gasteiger partial charge is 0.497 e. The van der Waals surface area contributed by atoms with Crippen molar-refractivity contribution in [2.45, 2.75) is 52.2 Å². The Bertz CT molecular complexity index is 823. The molecule has 1 aromatic carbocycles. The molecular formula is C22H30N2O4S. The lowest BCUT2D eigenvalue weighted by Gasteiger charge is -2.34. The molecule has 2 N–H and O–H groups in total. The number of thiocarbonyl (C=S) groups is 1. The van der Waals surface area contributed by atoms with Crippen molar-refractivity contribution < 1.29 is 19.0 Å². The second-order valence-corrected chi connectivity index (χ2v) is 8.38. The number of rotatable bonds is 5. The number of allylic oxidation sites excluding steroid dienone is 1. The normalized spacial score (nSPS) is 27.0. The predicted molar refractivity (Wildman–Crippen MR) is 116 cm³/mol. The summed E-state index contributed by atoms with van der Waals surface area (Å²) in [6.07, 6.45) is 2.81. The first-order valence-electron chi connectivity index (χ1n) is 10.0. The van der Waals surface area contributed by atoms with Crippen LogP contribution in [-0.4, -0.2) is 31.4 Å². The molecule has 2 aliphatic rings. The summed E-state index contributed by atoms with van der Waals surface area (Å²) in [5.74, 6) is 2.20. The standard InChI is InChI=1S/C22H30N2O4S/c1-12-6-7-16(10-13(12)2)28-21(25)19-14(3)23-22(29)24-20(19)17-11-15(26-4)8-9-18(17)27-5/h8-9,11-13,16,20H,6-7,10H2,1-5H3,(H2,23,24,29). The number of benzene rings is 1. The monoisotopic (exact) mass is 418 g/mol. The van der Waals surface area contributed by atoms with Crippen LogP contribution in [0.15, 0.2) is 29.5 Å². The summed E-state index contributed by atoms with van der Waals surface area (Å²) < 4.78 is 16.9. The molecule has 1 aromatic rings. The van der Waals surface area contributed by atoms with Crippen LogP contribution in [-0.2, 0) is 9.53 Å². The molecule has 1 saturated carbocycles. The number of carbonyl (C=O) groups excluding carboxylic acids is 1. The third-order valence-corrected chi connectivity index (χ3v) is 6.28. The van der Waals surface area contributed by atoms with Gasteiger partial charge < -0.3 is 24.8 Å². The Morgan fingerprint density at radius 1 is 1.14 bits per heavy atom. The third kappa shape index (κ3) is 4.66. The van der Waals surface area contributed by atoms with Gasteiger partial charge in [0.25, 0.3) is 0 Å². The van der Waals surface area contributed by atoms with Gasteiger partial charge in [-0.25, -0.2) is 4.79 Å². The summed E-state index contributed by atoms with van der Waals surface area (Å²) in [5, 5.41) is 6.71. The zero-order chi connectivity index (χ0) is 21.1. The van der Waals surface area contributed by atoms with Crippen LogP contribution in [0.5, 0.6) is 11.5 Å². The van der Waals surface area contributed by atoms with Gasteiger partial charge in [-0.3, -0.25) is 0 Å². The number of esters is 1. The van der Waals surface area contributed by atoms with Crippen LogP contribution in [0.2, 0.25) is 0 Å². The Morgan fingerprint density at radius 2 is 1.90 bits per heavy atom. The Morgan fingerprint density at radius 3 is 2.55 bits per heavy atom. The number of methoxy groups -OCH3 is 2. The van der Waals surface area contributed by atoms with Gasteiger partial charge in [0.1, 0.15) is 17.6 Å². The van der Waals surface area contributed by atoms with E-state index in [1.54, 1.807) is 14.2 Å². The van der Waals surface area contributed by atoms with Crippen molar-refractivity contribution in [3.63, 3.8) is 0 Å². The maximum absolute atomic E-state index is 13.2. The minimum atomic E-state index is -0.485. The highest BCUT2D eigenvalue weighted by molar-refractivity contribution is 7.80. The van der Waals surface area contributed by atoms with E-state index in [1.807, 2.05) is 25.1 Å². The van der Waals surface area contributed by atoms with Crippen molar-refractivity contribution in [1.29, 1.82) is 0 Å². The van der Waals surface area contributed by atoms with Gasteiger partial charge in [-0.2, -0.15) is 0 Å². The zero-order valence-corrected chi connectivity index (χ0v) is 18.5. The van der Waals surface area contributed by atoms with Gasteiger partial charge in [0, 0.05) is 11.3 Å². The third-order valence-electron chi connectivity index (χ3n) is 6.06. The van der Waals surface area contributed by atoms with Gasteiger partial charge in [-0.05, 0) is 68.4 Å². The van der Waals surface area contributed by atoms with Crippen LogP contribution in [0.4, 0.5) is 0 Å². The lowest BCUT2D eigenvalue weighted by Crippen LogP contribution is -2.45. The number of hydrogen-bond acceptors (Lipinski definition) is 5. The van der Waals surface area contributed by atoms with Crippen LogP contribution >= 0.6 is 12.2 Å². The van der Waals surface area contributed by atoms with E-state index in [2.05, 4.69) is 24.5 Å². The fraction of sp³-hybridized carbons (Fsp3) is 0.545. The van der Waals surface area contributed by atoms with Crippen LogP contribution in [0.3, 0.4) is 0 Å². The molecule has 1 aliphatic carbocycles. The Balaban J connectivity index is 1.91. The quantitative estimate of drug-likeness (QED) is 0.556. The average molecular weight is 419 g/mol. The fourth-order valence-corrected chi connectivity index (χ4v) is 4.35. The number of nitrogens with one attached hydrogen (secondary N) is 2. The van der Waals surface area contributed by atoms with E-state index in [0.29, 0.717) is 39.7 Å². The maximum Gasteiger partial charge on any atom is 0.338 e. The summed E-state index contributed by atoms with van der Waals surface area (Å²) in [5.41, 5.74) is 1.97. The van der Waals surface area contributed by atoms with Crippen molar-refractivity contribution in [3.8, 4) is 11.5 Å². The molecule has 0 spiro atoms. The van der Waals surface area contributed by atoms with E-state index in [1.165, 1.54) is 0 Å². The highest BCUT2D eigenvalue weighted by atomic mass is 32.1. The van der Waals surface area contributed by atoms with Gasteiger partial charge in [0.05, 0.1) is 25.8 Å². The summed E-state index contributed by atoms with van der Waals surface area (Å²) in [6.45, 7) is 6.33. The molecule has 1 fully saturated rings. The molecule has 0 aromatic heterocycles. The molecule has 7 heteroatoms. The molecule has 6 nitrogen and oxygen atoms in total. The van der Waals surface area contributed by atoms with Crippen LogP contribution in [0.25, 0.3) is 0 Å². The van der Waals surface area contributed by atoms with Crippen LogP contribution in [0.1, 0.15) is 51.6 Å². The zero-order valence-electron chi connectivity index (χ0n) is 17.7. The van der Waals surface area contributed by atoms with Crippen molar-refractivity contribution in [3.05, 3.63) is 35.0 Å². The minimum Gasteiger partial charge on any atom is -0.497 e. The molecule has 4 unspecified atom stereocenters. The van der Waals surface area contributed by atoms with E-state index in [4.69, 9.17) is 26.4 Å². The van der Waals surface area contributed by atoms with E-state index in [0.717, 1.165) is 24.8 Å². The van der Waals surface area contributed by atoms with Gasteiger partial charge in [-0.1, -0.05) is 13.8 Å². The minimum absolute atomic E-state index is 0.0595. The van der Waals surface area contributed by atoms with Gasteiger partial charge in [0.15, 0.2) is 5.11 Å². The summed E-state index contributed by atoms with van der Waals surface area (Å²) in [4.78, 5) is 13.2. The van der Waals surface area contributed by atoms with Gasteiger partial charge >= 0.3 is 5.97 Å². The summed E-state index contributed by atoms with van der Waals surface area (Å²) in [6, 6.07) is 5.01. The molecule has 4 atom stereocenters. The van der Waals surface area contributed by atoms with Gasteiger partial charge in [-0.15, -0.1) is 0 Å². The molecule has 0 saturated heterocycles. The van der Waals surface area contributed by atoms with Crippen molar-refractivity contribution >= 4 is 23.3 Å². The first kappa shape index (κ1) is 21.4. The molecule has 0 amide bonds. The fourth-order valence-electron chi connectivity index (χ4n) is 4.08. The number of ether oxygens (including phenoxy) is 3. The SMILES string of the molecule is COc1ccc(OC)c(C2NC(=S)NC(C)=C2C(=O)OC2CCC(C)C(C)C2)c1. The number of carbonyl (C=O) groups is 1. The topological polar surface area (TPSA) is 68.8 Å². The lowest BCUT2D eigenvalue weighted by molar-refractivity contribution is -0.147. The van der Waals surface area contributed by atoms with Crippen LogP contribution in [0, 0.1) is 11.8 Å². The first-order chi connectivity index (χ1) is 13.8. The highest BCUT2D eigenvalue weighted by Gasteiger charge is 2.35. The van der Waals surface area contributed by atoms with Crippen molar-refractivity contribution in [2.24, 2.45) is 11.8 Å². The molecule has 3 rings (SSSR count). The average Bonchev–Trinajstić information content (AvgIpc) is 2.69. The first-order valence-corrected chi connectivity index (χ1v) is 10.5. The summed E-state index contributed by atoms with van der Waals surface area (Å²) >= 11 is 5.35. The van der Waals surface area contributed by atoms with E-state index < -0.39 is 6.04 Å². The molecule has 0 bridgehead atoms. The second-order valence-electron chi connectivity index (χ2n) is 7.97. The Kier molecular flexibility index (Phi) is 6.67. The van der Waals surface area contributed by atoms with Crippen molar-refractivity contribution in [1.82, 2.24) is 10.6 Å². The van der Waals surface area contributed by atoms with E-state index in [9.17, 15) is 4.79 Å². The smallest absolute Gasteiger partial charge is 0.338 e. The summed E-state index contributed by atoms with van der Waals surface area (Å²) in [7, 11) is 3.21. The molecule has 158 valence electrons. The Hall–Kier alpha value is -2.28. The lowest BCUT2D eigenvalue weighted by atomic mass is 9.80. The maximum atomic E-state index is 13.2. The molecular weight excluding hydrogens is 388 g/mol. The molecule has 0 radical (unpaired) electrons. The number of hydrogen-bond donors (Lipinski definition) is 2. The van der Waals surface area contributed by atoms with Crippen LogP contribution < -0.4 is 20.1 Å².